The van der Waals surface area contributed by atoms with E-state index in [1.54, 1.807) is 35.0 Å². The first-order valence-electron chi connectivity index (χ1n) is 15.6. The van der Waals surface area contributed by atoms with Gasteiger partial charge in [0.05, 0.1) is 16.6 Å². The summed E-state index contributed by atoms with van der Waals surface area (Å²) in [6, 6.07) is 12.1. The van der Waals surface area contributed by atoms with Gasteiger partial charge in [-0.2, -0.15) is 14.9 Å². The number of hydrogen-bond donors (Lipinski definition) is 1. The van der Waals surface area contributed by atoms with E-state index in [-0.39, 0.29) is 29.8 Å². The minimum absolute atomic E-state index is 0.0238. The highest BCUT2D eigenvalue weighted by molar-refractivity contribution is 9.10. The summed E-state index contributed by atoms with van der Waals surface area (Å²) >= 11 is 3.32. The number of para-hydroxylation sites is 1. The Bertz CT molecular complexity index is 1730. The van der Waals surface area contributed by atoms with E-state index in [1.807, 2.05) is 0 Å². The van der Waals surface area contributed by atoms with Crippen molar-refractivity contribution in [2.24, 2.45) is 0 Å². The van der Waals surface area contributed by atoms with Crippen molar-refractivity contribution in [1.82, 2.24) is 19.6 Å². The Morgan fingerprint density at radius 3 is 2.39 bits per heavy atom. The molecule has 0 aliphatic heterocycles. The molecule has 0 saturated heterocycles. The monoisotopic (exact) mass is 732 g/mol. The Morgan fingerprint density at radius 2 is 1.72 bits per heavy atom. The van der Waals surface area contributed by atoms with Crippen LogP contribution in [0.4, 0.5) is 4.39 Å². The van der Waals surface area contributed by atoms with E-state index >= 15 is 4.39 Å². The van der Waals surface area contributed by atoms with E-state index in [4.69, 9.17) is 19.0 Å². The zero-order chi connectivity index (χ0) is 33.9. The molecule has 0 spiro atoms. The number of phenols is 1. The van der Waals surface area contributed by atoms with Gasteiger partial charge in [-0.3, -0.25) is 4.79 Å². The standard InChI is InChI=1S/C33H46BrFN4O5Si2/c1-33(2,3)46(7,8)44-16-10-15-42-21-24-11-9-12-26(35)32(24)39-29(41)20-27-31(37-39)30(23-13-14-25(34)28(40)19-23)36-38(27)22-43-17-18-45(4,5)6/h9,11-14,19-20,40H,10,15-18,21-22H2,1-8H3. The van der Waals surface area contributed by atoms with Gasteiger partial charge >= 0.3 is 0 Å². The summed E-state index contributed by atoms with van der Waals surface area (Å²) in [5.74, 6) is -0.565. The Morgan fingerprint density at radius 1 is 0.978 bits per heavy atom. The van der Waals surface area contributed by atoms with Crippen molar-refractivity contribution in [2.75, 3.05) is 19.8 Å². The fraction of sp³-hybridized carbons (Fsp3) is 0.485. The lowest BCUT2D eigenvalue weighted by Crippen LogP contribution is -2.41. The number of rotatable bonds is 14. The Labute approximate surface area is 281 Å². The van der Waals surface area contributed by atoms with Gasteiger partial charge in [0.15, 0.2) is 8.32 Å². The van der Waals surface area contributed by atoms with E-state index < -0.39 is 27.8 Å². The van der Waals surface area contributed by atoms with Gasteiger partial charge < -0.3 is 19.0 Å². The highest BCUT2D eigenvalue weighted by atomic mass is 79.9. The van der Waals surface area contributed by atoms with Gasteiger partial charge in [0.25, 0.3) is 5.56 Å². The number of fused-ring (bicyclic) bond motifs is 1. The van der Waals surface area contributed by atoms with Gasteiger partial charge in [0, 0.05) is 45.1 Å². The summed E-state index contributed by atoms with van der Waals surface area (Å²) in [7, 11) is -3.16. The number of phenolic OH excluding ortho intramolecular Hbond substituents is 1. The Balaban J connectivity index is 1.64. The second kappa shape index (κ2) is 14.6. The molecular weight excluding hydrogens is 687 g/mol. The summed E-state index contributed by atoms with van der Waals surface area (Å²) in [4.78, 5) is 13.5. The number of ether oxygens (including phenoxy) is 2. The number of nitrogens with zero attached hydrogens (tertiary/aromatic N) is 4. The Hall–Kier alpha value is -2.69. The lowest BCUT2D eigenvalue weighted by Gasteiger charge is -2.36. The van der Waals surface area contributed by atoms with Crippen molar-refractivity contribution < 1.29 is 23.4 Å². The normalized spacial score (nSPS) is 12.7. The van der Waals surface area contributed by atoms with Crippen LogP contribution < -0.4 is 5.56 Å². The van der Waals surface area contributed by atoms with Crippen molar-refractivity contribution in [1.29, 1.82) is 0 Å². The van der Waals surface area contributed by atoms with Gasteiger partial charge in [-0.1, -0.05) is 58.6 Å². The predicted molar refractivity (Wildman–Crippen MR) is 189 cm³/mol. The van der Waals surface area contributed by atoms with Crippen LogP contribution in [0.15, 0.2) is 51.7 Å². The van der Waals surface area contributed by atoms with Crippen LogP contribution in [-0.2, 0) is 27.2 Å². The SMILES string of the molecule is CC(C)(C)[Si](C)(C)OCCCOCc1cccc(F)c1-n1nc2c(-c3ccc(Br)c(O)c3)nn(COCC[Si](C)(C)C)c2cc1=O. The maximum Gasteiger partial charge on any atom is 0.273 e. The van der Waals surface area contributed by atoms with E-state index in [0.717, 1.165) is 10.7 Å². The molecule has 0 amide bonds. The average Bonchev–Trinajstić information content (AvgIpc) is 3.30. The third kappa shape index (κ3) is 8.81. The zero-order valence-corrected chi connectivity index (χ0v) is 31.7. The fourth-order valence-electron chi connectivity index (χ4n) is 4.48. The Kier molecular flexibility index (Phi) is 11.5. The molecular formula is C33H46BrFN4O5Si2. The first-order chi connectivity index (χ1) is 21.5. The van der Waals surface area contributed by atoms with Crippen molar-refractivity contribution in [3.8, 4) is 22.7 Å². The lowest BCUT2D eigenvalue weighted by molar-refractivity contribution is 0.0818. The van der Waals surface area contributed by atoms with Gasteiger partial charge in [0.2, 0.25) is 0 Å². The average molecular weight is 734 g/mol. The fourth-order valence-corrected chi connectivity index (χ4v) is 6.57. The molecule has 0 aliphatic carbocycles. The van der Waals surface area contributed by atoms with E-state index in [0.29, 0.717) is 58.6 Å². The van der Waals surface area contributed by atoms with Gasteiger partial charge in [-0.25, -0.2) is 9.07 Å². The van der Waals surface area contributed by atoms with Crippen molar-refractivity contribution in [2.45, 2.75) is 84.3 Å². The van der Waals surface area contributed by atoms with Crippen molar-refractivity contribution >= 4 is 43.4 Å². The van der Waals surface area contributed by atoms with Crippen LogP contribution >= 0.6 is 15.9 Å². The van der Waals surface area contributed by atoms with Crippen LogP contribution in [0, 0.1) is 5.82 Å². The third-order valence-electron chi connectivity index (χ3n) is 8.31. The van der Waals surface area contributed by atoms with Gasteiger partial charge in [-0.15, -0.1) is 0 Å². The molecule has 0 aliphatic rings. The molecule has 250 valence electrons. The molecule has 4 aromatic rings. The first kappa shape index (κ1) is 36.2. The van der Waals surface area contributed by atoms with Gasteiger partial charge in [0.1, 0.15) is 35.2 Å². The van der Waals surface area contributed by atoms with Crippen LogP contribution in [0.25, 0.3) is 28.0 Å². The molecule has 2 heterocycles. The topological polar surface area (TPSA) is 101 Å². The summed E-state index contributed by atoms with van der Waals surface area (Å²) in [5, 5.41) is 19.9. The predicted octanol–water partition coefficient (Wildman–Crippen LogP) is 8.10. The number of aromatic nitrogens is 4. The van der Waals surface area contributed by atoms with E-state index in [1.165, 1.54) is 12.1 Å². The summed E-state index contributed by atoms with van der Waals surface area (Å²) in [6.07, 6.45) is 0.698. The van der Waals surface area contributed by atoms with Gasteiger partial charge in [-0.05, 0) is 64.7 Å². The molecule has 0 radical (unpaired) electrons. The largest absolute Gasteiger partial charge is 0.507 e. The second-order valence-electron chi connectivity index (χ2n) is 14.3. The van der Waals surface area contributed by atoms with Crippen LogP contribution in [0.2, 0.25) is 43.8 Å². The maximum atomic E-state index is 15.5. The van der Waals surface area contributed by atoms with E-state index in [9.17, 15) is 9.90 Å². The summed E-state index contributed by atoms with van der Waals surface area (Å²) in [6.45, 7) is 19.6. The molecule has 46 heavy (non-hydrogen) atoms. The molecule has 13 heteroatoms. The van der Waals surface area contributed by atoms with Crippen LogP contribution in [0.3, 0.4) is 0 Å². The van der Waals surface area contributed by atoms with Crippen LogP contribution in [0.5, 0.6) is 5.75 Å². The smallest absolute Gasteiger partial charge is 0.273 e. The summed E-state index contributed by atoms with van der Waals surface area (Å²) < 4.78 is 36.8. The number of hydrogen-bond acceptors (Lipinski definition) is 7. The van der Waals surface area contributed by atoms with Crippen LogP contribution in [-0.4, -0.2) is 60.9 Å². The van der Waals surface area contributed by atoms with Crippen LogP contribution in [0.1, 0.15) is 32.8 Å². The summed E-state index contributed by atoms with van der Waals surface area (Å²) in [5.41, 5.74) is 1.82. The third-order valence-corrected chi connectivity index (χ3v) is 15.2. The minimum Gasteiger partial charge on any atom is -0.507 e. The number of halogens is 2. The first-order valence-corrected chi connectivity index (χ1v) is 23.0. The highest BCUT2D eigenvalue weighted by Gasteiger charge is 2.36. The zero-order valence-electron chi connectivity index (χ0n) is 28.1. The minimum atomic E-state index is -1.85. The number of aromatic hydroxyl groups is 1. The molecule has 9 nitrogen and oxygen atoms in total. The molecule has 0 saturated carbocycles. The molecule has 4 rings (SSSR count). The molecule has 2 aromatic heterocycles. The molecule has 0 bridgehead atoms. The lowest BCUT2D eigenvalue weighted by atomic mass is 10.1. The molecule has 1 N–H and O–H groups in total. The molecule has 0 unspecified atom stereocenters. The van der Waals surface area contributed by atoms with Crippen molar-refractivity contribution in [3.05, 3.63) is 68.7 Å². The number of benzene rings is 2. The molecule has 0 atom stereocenters. The maximum absolute atomic E-state index is 15.5. The molecule has 2 aromatic carbocycles. The quantitative estimate of drug-likeness (QED) is 0.103. The van der Waals surface area contributed by atoms with Crippen molar-refractivity contribution in [3.63, 3.8) is 0 Å². The molecule has 0 fully saturated rings. The second-order valence-corrected chi connectivity index (χ2v) is 25.5. The van der Waals surface area contributed by atoms with E-state index in [2.05, 4.69) is 74.5 Å². The highest BCUT2D eigenvalue weighted by Crippen LogP contribution is 2.36.